The van der Waals surface area contributed by atoms with Gasteiger partial charge in [-0.3, -0.25) is 0 Å². The van der Waals surface area contributed by atoms with Gasteiger partial charge >= 0.3 is 0 Å². The van der Waals surface area contributed by atoms with Gasteiger partial charge in [0.1, 0.15) is 23.3 Å². The first-order valence-corrected chi connectivity index (χ1v) is 4.84. The molecule has 1 unspecified atom stereocenters. The molecule has 0 bridgehead atoms. The Kier molecular flexibility index (Phi) is 20.7. The number of ether oxygens (including phenoxy) is 1. The molecule has 1 saturated heterocycles. The molecule has 7 nitrogen and oxygen atoms in total. The Bertz CT molecular complexity index is 259. The smallest absolute Gasteiger partial charge is 0.124 e. The summed E-state index contributed by atoms with van der Waals surface area (Å²) in [5, 5.41) is 30.3. The van der Waals surface area contributed by atoms with Crippen LogP contribution in [-0.4, -0.2) is 51.3 Å². The second-order valence-electron chi connectivity index (χ2n) is 2.88. The fraction of sp³-hybridized carbons (Fsp3) is 1.00. The predicted molar refractivity (Wildman–Crippen MR) is 49.6 cm³/mol. The van der Waals surface area contributed by atoms with Gasteiger partial charge in [0, 0.05) is 137 Å². The number of hydrogen-bond donors (Lipinski definition) is 3. The predicted octanol–water partition coefficient (Wildman–Crippen LogP) is -0.501. The van der Waals surface area contributed by atoms with E-state index in [0.717, 1.165) is 0 Å². The van der Waals surface area contributed by atoms with E-state index < -0.39 is 36.0 Å². The Morgan fingerprint density at radius 1 is 1.24 bits per heavy atom. The number of alkyl halides is 1. The Labute approximate surface area is 214 Å². The Balaban J connectivity index is -0.000000653. The normalized spacial score (nSPS) is 35.4. The van der Waals surface area contributed by atoms with Gasteiger partial charge in [-0.15, -0.1) is 0 Å². The van der Waals surface area contributed by atoms with Gasteiger partial charge in [-0.25, -0.2) is 0 Å². The summed E-state index contributed by atoms with van der Waals surface area (Å²) in [4.78, 5) is 2.53. The van der Waals surface area contributed by atoms with Crippen molar-refractivity contribution in [3.63, 3.8) is 0 Å². The summed E-state index contributed by atoms with van der Waals surface area (Å²) in [7, 11) is 0. The average Bonchev–Trinajstić information content (AvgIpc) is 2.18. The van der Waals surface area contributed by atoms with Gasteiger partial charge in [-0.1, -0.05) is 21.0 Å². The molecule has 1 heterocycles. The van der Waals surface area contributed by atoms with Gasteiger partial charge in [0.2, 0.25) is 0 Å². The van der Waals surface area contributed by atoms with Gasteiger partial charge in [-0.05, 0) is 5.53 Å². The van der Waals surface area contributed by atoms with Gasteiger partial charge in [0.15, 0.2) is 0 Å². The molecule has 1 aliphatic rings. The molecule has 0 aromatic rings. The largest absolute Gasteiger partial charge is 0.394 e. The number of rotatable bonds is 2. The zero-order valence-electron chi connectivity index (χ0n) is 8.80. The number of azide groups is 1. The van der Waals surface area contributed by atoms with Crippen molar-refractivity contribution < 1.29 is 152 Å². The molecule has 11 heteroatoms. The van der Waals surface area contributed by atoms with Crippen molar-refractivity contribution in [2.75, 3.05) is 6.61 Å². The molecule has 5 atom stereocenters. The quantitative estimate of drug-likeness (QED) is 0.150. The van der Waals surface area contributed by atoms with Crippen molar-refractivity contribution in [3.8, 4) is 0 Å². The van der Waals surface area contributed by atoms with Crippen LogP contribution in [-0.2, 0) is 4.74 Å². The summed E-state index contributed by atoms with van der Waals surface area (Å²) < 4.78 is 5.08. The molecule has 1 fully saturated rings. The zero-order chi connectivity index (χ0) is 10.7. The van der Waals surface area contributed by atoms with Crippen LogP contribution in [0.1, 0.15) is 0 Å². The molecule has 0 spiro atoms. The second-order valence-corrected chi connectivity index (χ2v) is 3.79. The number of aliphatic hydroxyl groups excluding tert-OH is 3. The van der Waals surface area contributed by atoms with Crippen molar-refractivity contribution in [2.45, 2.75) is 29.4 Å². The van der Waals surface area contributed by atoms with Crippen LogP contribution in [0.5, 0.6) is 0 Å². The summed E-state index contributed by atoms with van der Waals surface area (Å²) in [5.74, 6) is 0. The molecule has 0 aromatic heterocycles. The first-order valence-electron chi connectivity index (χ1n) is 3.92. The number of aliphatic hydroxyl groups is 3. The van der Waals surface area contributed by atoms with E-state index in [1.807, 2.05) is 0 Å². The van der Waals surface area contributed by atoms with Gasteiger partial charge < -0.3 is 20.1 Å². The van der Waals surface area contributed by atoms with E-state index in [2.05, 4.69) is 26.0 Å². The molecule has 17 heavy (non-hydrogen) atoms. The molecule has 3 N–H and O–H groups in total. The SMILES string of the molecule is [Ac].[Ac].[Ac].[N-]=[N+]=N[C@H]1C(Br)O[C@H](CO)[C@H](O)[C@@H]1O. The van der Waals surface area contributed by atoms with E-state index in [1.165, 1.54) is 0 Å². The van der Waals surface area contributed by atoms with Crippen molar-refractivity contribution in [3.05, 3.63) is 10.4 Å². The molecular weight excluding hydrogens is 939 g/mol. The van der Waals surface area contributed by atoms with E-state index in [0.29, 0.717) is 0 Å². The summed E-state index contributed by atoms with van der Waals surface area (Å²) in [5.41, 5.74) is 8.20. The molecule has 0 aromatic carbocycles. The van der Waals surface area contributed by atoms with Crippen molar-refractivity contribution >= 4 is 15.9 Å². The monoisotopic (exact) mass is 948 g/mol. The molecule has 0 amide bonds. The minimum atomic E-state index is -1.26. The minimum absolute atomic E-state index is 0. The summed E-state index contributed by atoms with van der Waals surface area (Å²) in [6.07, 6.45) is -3.38. The van der Waals surface area contributed by atoms with Crippen LogP contribution in [0.3, 0.4) is 0 Å². The van der Waals surface area contributed by atoms with E-state index in [1.54, 1.807) is 0 Å². The maximum Gasteiger partial charge on any atom is 0.124 e. The fourth-order valence-corrected chi connectivity index (χ4v) is 1.93. The third-order valence-corrected chi connectivity index (χ3v) is 2.78. The molecular formula is C6H10Ac3BrN3O4. The van der Waals surface area contributed by atoms with Crippen LogP contribution >= 0.6 is 15.9 Å². The molecule has 89 valence electrons. The average molecular weight is 949 g/mol. The molecule has 1 rings (SSSR count). The third-order valence-electron chi connectivity index (χ3n) is 2.02. The van der Waals surface area contributed by atoms with Crippen LogP contribution in [0.2, 0.25) is 0 Å². The van der Waals surface area contributed by atoms with Gasteiger partial charge in [0.25, 0.3) is 0 Å². The fourth-order valence-electron chi connectivity index (χ4n) is 1.24. The topological polar surface area (TPSA) is 119 Å². The molecule has 0 saturated carbocycles. The third kappa shape index (κ3) is 7.67. The summed E-state index contributed by atoms with van der Waals surface area (Å²) in [6.45, 7) is -0.413. The van der Waals surface area contributed by atoms with Crippen LogP contribution < -0.4 is 0 Å². The molecule has 0 aliphatic carbocycles. The van der Waals surface area contributed by atoms with Crippen LogP contribution in [0, 0.1) is 132 Å². The zero-order valence-corrected chi connectivity index (χ0v) is 24.6. The summed E-state index contributed by atoms with van der Waals surface area (Å²) in [6, 6.07) is -0.905. The van der Waals surface area contributed by atoms with Crippen LogP contribution in [0.25, 0.3) is 10.4 Å². The number of halogens is 1. The van der Waals surface area contributed by atoms with Crippen molar-refractivity contribution in [1.29, 1.82) is 0 Å². The van der Waals surface area contributed by atoms with Crippen LogP contribution in [0.15, 0.2) is 5.11 Å². The van der Waals surface area contributed by atoms with E-state index in [4.69, 9.17) is 15.4 Å². The first-order chi connectivity index (χ1) is 6.61. The van der Waals surface area contributed by atoms with Gasteiger partial charge in [0.05, 0.1) is 12.7 Å². The Morgan fingerprint density at radius 3 is 2.18 bits per heavy atom. The standard InChI is InChI=1S/C6H10BrN3O4.3Ac/c7-6-3(9-10-8)5(13)4(12)2(1-11)14-6;;;/h2-6,11-13H,1H2;;;/t2-,3-,4+,5-,6?;;;/m1.../s1. The maximum atomic E-state index is 9.50. The van der Waals surface area contributed by atoms with Crippen molar-refractivity contribution in [2.24, 2.45) is 5.11 Å². The second kappa shape index (κ2) is 13.6. The number of hydrogen-bond acceptors (Lipinski definition) is 5. The minimum Gasteiger partial charge on any atom is -0.394 e. The molecule has 3 radical (unpaired) electrons. The van der Waals surface area contributed by atoms with Crippen LogP contribution in [0.4, 0.5) is 0 Å². The van der Waals surface area contributed by atoms with E-state index in [9.17, 15) is 10.2 Å². The first kappa shape index (κ1) is 25.9. The maximum absolute atomic E-state index is 9.50. The van der Waals surface area contributed by atoms with E-state index >= 15 is 0 Å². The molecule has 1 aliphatic heterocycles. The van der Waals surface area contributed by atoms with E-state index in [-0.39, 0.29) is 132 Å². The summed E-state index contributed by atoms with van der Waals surface area (Å²) >= 11 is 3.04. The number of nitrogens with zero attached hydrogens (tertiary/aromatic N) is 3. The Hall–Kier alpha value is 3.95. The van der Waals surface area contributed by atoms with Gasteiger partial charge in [-0.2, -0.15) is 0 Å². The van der Waals surface area contributed by atoms with Crippen molar-refractivity contribution in [1.82, 2.24) is 0 Å². The Morgan fingerprint density at radius 2 is 1.76 bits per heavy atom.